The third-order valence-electron chi connectivity index (χ3n) is 2.89. The molecule has 0 fully saturated rings. The topological polar surface area (TPSA) is 41.1 Å². The molecule has 0 saturated heterocycles. The highest BCUT2D eigenvalue weighted by molar-refractivity contribution is 6.30. The first-order chi connectivity index (χ1) is 9.13. The highest BCUT2D eigenvalue weighted by Gasteiger charge is 2.10. The quantitative estimate of drug-likeness (QED) is 0.868. The lowest BCUT2D eigenvalue weighted by Crippen LogP contribution is -2.11. The van der Waals surface area contributed by atoms with Crippen molar-refractivity contribution in [1.82, 2.24) is 9.97 Å². The summed E-state index contributed by atoms with van der Waals surface area (Å²) in [6.45, 7) is 2.04. The molecule has 100 valence electrons. The maximum absolute atomic E-state index is 6.10. The number of nitrogens with one attached hydrogen (secondary N) is 1. The number of aromatic nitrogens is 2. The summed E-state index contributed by atoms with van der Waals surface area (Å²) in [5, 5.41) is 3.84. The van der Waals surface area contributed by atoms with E-state index in [-0.39, 0.29) is 0 Å². The molecule has 0 aliphatic heterocycles. The van der Waals surface area contributed by atoms with Crippen LogP contribution < -0.4 is 10.2 Å². The van der Waals surface area contributed by atoms with Gasteiger partial charge in [-0.25, -0.2) is 9.97 Å². The van der Waals surface area contributed by atoms with Crippen LogP contribution in [0.15, 0.2) is 30.6 Å². The Morgan fingerprint density at radius 1 is 1.21 bits per heavy atom. The highest BCUT2D eigenvalue weighted by atomic mass is 35.5. The van der Waals surface area contributed by atoms with Crippen molar-refractivity contribution >= 4 is 28.8 Å². The molecular formula is C14H17ClN4. The molecule has 2 aromatic rings. The monoisotopic (exact) mass is 276 g/mol. The largest absolute Gasteiger partial charge is 0.376 e. The Balaban J connectivity index is 2.39. The van der Waals surface area contributed by atoms with Crippen molar-refractivity contribution in [3.05, 3.63) is 41.3 Å². The van der Waals surface area contributed by atoms with E-state index in [9.17, 15) is 0 Å². The zero-order chi connectivity index (χ0) is 13.8. The first-order valence-electron chi connectivity index (χ1n) is 6.16. The van der Waals surface area contributed by atoms with Gasteiger partial charge in [-0.1, -0.05) is 30.7 Å². The maximum Gasteiger partial charge on any atom is 0.138 e. The van der Waals surface area contributed by atoms with E-state index in [0.29, 0.717) is 5.15 Å². The van der Waals surface area contributed by atoms with Crippen molar-refractivity contribution in [2.45, 2.75) is 13.3 Å². The lowest BCUT2D eigenvalue weighted by Gasteiger charge is -2.19. The van der Waals surface area contributed by atoms with Crippen LogP contribution in [-0.2, 0) is 6.42 Å². The molecule has 0 bridgehead atoms. The zero-order valence-corrected chi connectivity index (χ0v) is 12.1. The fourth-order valence-electron chi connectivity index (χ4n) is 1.91. The van der Waals surface area contributed by atoms with Crippen molar-refractivity contribution in [3.8, 4) is 0 Å². The third-order valence-corrected chi connectivity index (χ3v) is 3.21. The molecule has 1 aromatic carbocycles. The molecule has 0 amide bonds. The van der Waals surface area contributed by atoms with Crippen LogP contribution >= 0.6 is 11.6 Å². The van der Waals surface area contributed by atoms with E-state index in [2.05, 4.69) is 26.3 Å². The van der Waals surface area contributed by atoms with Gasteiger partial charge in [0.25, 0.3) is 0 Å². The Labute approximate surface area is 118 Å². The van der Waals surface area contributed by atoms with Gasteiger partial charge < -0.3 is 10.2 Å². The van der Waals surface area contributed by atoms with Crippen LogP contribution in [0.4, 0.5) is 17.2 Å². The Morgan fingerprint density at radius 3 is 2.63 bits per heavy atom. The van der Waals surface area contributed by atoms with Gasteiger partial charge in [0.15, 0.2) is 0 Å². The predicted octanol–water partition coefficient (Wildman–Crippen LogP) is 3.50. The number of hydrogen-bond donors (Lipinski definition) is 1. The van der Waals surface area contributed by atoms with E-state index in [4.69, 9.17) is 11.6 Å². The lowest BCUT2D eigenvalue weighted by atomic mass is 10.2. The molecular weight excluding hydrogens is 260 g/mol. The van der Waals surface area contributed by atoms with E-state index >= 15 is 0 Å². The van der Waals surface area contributed by atoms with Crippen molar-refractivity contribution in [2.75, 3.05) is 24.3 Å². The average molecular weight is 277 g/mol. The van der Waals surface area contributed by atoms with Crippen LogP contribution in [0, 0.1) is 0 Å². The second-order valence-electron chi connectivity index (χ2n) is 4.38. The second kappa shape index (κ2) is 5.89. The first kappa shape index (κ1) is 13.6. The van der Waals surface area contributed by atoms with Gasteiger partial charge in [-0.2, -0.15) is 0 Å². The number of anilines is 3. The molecule has 0 unspecified atom stereocenters. The first-order valence-corrected chi connectivity index (χ1v) is 6.54. The summed E-state index contributed by atoms with van der Waals surface area (Å²) in [4.78, 5) is 10.3. The minimum Gasteiger partial charge on any atom is -0.376 e. The Bertz CT molecular complexity index is 569. The standard InChI is InChI=1S/C14H17ClN4/c1-4-10-13(15)16-9-17-14(10)18-11-7-5-6-8-12(11)19(2)3/h5-9H,4H2,1-3H3,(H,16,17,18). The van der Waals surface area contributed by atoms with Crippen molar-refractivity contribution in [3.63, 3.8) is 0 Å². The Morgan fingerprint density at radius 2 is 1.95 bits per heavy atom. The summed E-state index contributed by atoms with van der Waals surface area (Å²) in [6.07, 6.45) is 2.26. The molecule has 0 atom stereocenters. The molecule has 0 radical (unpaired) electrons. The highest BCUT2D eigenvalue weighted by Crippen LogP contribution is 2.29. The average Bonchev–Trinajstić information content (AvgIpc) is 2.39. The number of halogens is 1. The molecule has 2 rings (SSSR count). The normalized spacial score (nSPS) is 10.3. The summed E-state index contributed by atoms with van der Waals surface area (Å²) in [6, 6.07) is 8.07. The van der Waals surface area contributed by atoms with Crippen LogP contribution in [0.1, 0.15) is 12.5 Å². The Hall–Kier alpha value is -1.81. The molecule has 5 heteroatoms. The fraction of sp³-hybridized carbons (Fsp3) is 0.286. The van der Waals surface area contributed by atoms with Gasteiger partial charge in [-0.15, -0.1) is 0 Å². The van der Waals surface area contributed by atoms with Crippen molar-refractivity contribution in [2.24, 2.45) is 0 Å². The van der Waals surface area contributed by atoms with Gasteiger partial charge in [0.05, 0.1) is 11.4 Å². The molecule has 0 aliphatic carbocycles. The van der Waals surface area contributed by atoms with Crippen molar-refractivity contribution in [1.29, 1.82) is 0 Å². The van der Waals surface area contributed by atoms with E-state index in [1.165, 1.54) is 6.33 Å². The van der Waals surface area contributed by atoms with E-state index in [0.717, 1.165) is 29.2 Å². The Kier molecular flexibility index (Phi) is 4.22. The van der Waals surface area contributed by atoms with Gasteiger partial charge in [0.1, 0.15) is 17.3 Å². The van der Waals surface area contributed by atoms with Gasteiger partial charge in [0.2, 0.25) is 0 Å². The minimum atomic E-state index is 0.502. The van der Waals surface area contributed by atoms with Gasteiger partial charge >= 0.3 is 0 Å². The van der Waals surface area contributed by atoms with Crippen LogP contribution in [0.3, 0.4) is 0 Å². The molecule has 0 spiro atoms. The zero-order valence-electron chi connectivity index (χ0n) is 11.3. The van der Waals surface area contributed by atoms with Gasteiger partial charge in [-0.05, 0) is 18.6 Å². The number of para-hydroxylation sites is 2. The van der Waals surface area contributed by atoms with E-state index in [1.54, 1.807) is 0 Å². The van der Waals surface area contributed by atoms with Crippen LogP contribution in [0.25, 0.3) is 0 Å². The predicted molar refractivity (Wildman–Crippen MR) is 80.5 cm³/mol. The third kappa shape index (κ3) is 2.96. The van der Waals surface area contributed by atoms with Crippen LogP contribution in [-0.4, -0.2) is 24.1 Å². The number of hydrogen-bond acceptors (Lipinski definition) is 4. The van der Waals surface area contributed by atoms with Crippen LogP contribution in [0.5, 0.6) is 0 Å². The fourth-order valence-corrected chi connectivity index (χ4v) is 2.18. The summed E-state index contributed by atoms with van der Waals surface area (Å²) >= 11 is 6.10. The maximum atomic E-state index is 6.10. The van der Waals surface area contributed by atoms with Crippen LogP contribution in [0.2, 0.25) is 5.15 Å². The number of nitrogens with zero attached hydrogens (tertiary/aromatic N) is 3. The smallest absolute Gasteiger partial charge is 0.138 e. The second-order valence-corrected chi connectivity index (χ2v) is 4.74. The van der Waals surface area contributed by atoms with Crippen molar-refractivity contribution < 1.29 is 0 Å². The molecule has 0 aliphatic rings. The summed E-state index contributed by atoms with van der Waals surface area (Å²) in [5.41, 5.74) is 3.02. The summed E-state index contributed by atoms with van der Waals surface area (Å²) in [5.74, 6) is 0.761. The summed E-state index contributed by atoms with van der Waals surface area (Å²) < 4.78 is 0. The van der Waals surface area contributed by atoms with Gasteiger partial charge in [-0.3, -0.25) is 0 Å². The molecule has 1 N–H and O–H groups in total. The number of benzene rings is 1. The molecule has 1 aromatic heterocycles. The minimum absolute atomic E-state index is 0.502. The molecule has 1 heterocycles. The number of rotatable bonds is 4. The molecule has 0 saturated carbocycles. The summed E-state index contributed by atoms with van der Waals surface area (Å²) in [7, 11) is 4.02. The van der Waals surface area contributed by atoms with E-state index < -0.39 is 0 Å². The lowest BCUT2D eigenvalue weighted by molar-refractivity contribution is 1.05. The van der Waals surface area contributed by atoms with Gasteiger partial charge in [0, 0.05) is 19.7 Å². The molecule has 19 heavy (non-hydrogen) atoms. The molecule has 4 nitrogen and oxygen atoms in total. The SMILES string of the molecule is CCc1c(Cl)ncnc1Nc1ccccc1N(C)C. The van der Waals surface area contributed by atoms with E-state index in [1.807, 2.05) is 39.2 Å².